The van der Waals surface area contributed by atoms with Gasteiger partial charge in [0.15, 0.2) is 0 Å². The van der Waals surface area contributed by atoms with Crippen molar-refractivity contribution >= 4 is 0 Å². The summed E-state index contributed by atoms with van der Waals surface area (Å²) in [6, 6.07) is 6.97. The number of halogens is 2. The Morgan fingerprint density at radius 3 is 2.59 bits per heavy atom. The fourth-order valence-electron chi connectivity index (χ4n) is 1.58. The van der Waals surface area contributed by atoms with Crippen LogP contribution in [0.15, 0.2) is 36.5 Å². The van der Waals surface area contributed by atoms with Crippen molar-refractivity contribution in [3.05, 3.63) is 65.0 Å². The molecule has 0 saturated heterocycles. The lowest BCUT2D eigenvalue weighted by Gasteiger charge is -2.12. The quantitative estimate of drug-likeness (QED) is 0.868. The molecule has 0 aliphatic carbocycles. The largest absolute Gasteiger partial charge is 0.382 e. The molecule has 1 heterocycles. The van der Waals surface area contributed by atoms with Crippen molar-refractivity contribution in [1.29, 1.82) is 0 Å². The molecule has 0 amide bonds. The molecule has 1 N–H and O–H groups in total. The van der Waals surface area contributed by atoms with Crippen LogP contribution >= 0.6 is 0 Å². The second-order valence-corrected chi connectivity index (χ2v) is 3.83. The molecule has 2 aromatic rings. The van der Waals surface area contributed by atoms with Crippen molar-refractivity contribution in [3.63, 3.8) is 0 Å². The van der Waals surface area contributed by atoms with E-state index in [1.165, 1.54) is 18.2 Å². The lowest BCUT2D eigenvalue weighted by Crippen LogP contribution is -2.05. The van der Waals surface area contributed by atoms with Crippen molar-refractivity contribution in [2.45, 2.75) is 13.0 Å². The predicted octanol–water partition coefficient (Wildman–Crippen LogP) is 2.75. The van der Waals surface area contributed by atoms with Gasteiger partial charge in [-0.2, -0.15) is 0 Å². The Labute approximate surface area is 97.6 Å². The number of aryl methyl sites for hydroxylation is 1. The van der Waals surface area contributed by atoms with Crippen LogP contribution in [0.4, 0.5) is 8.78 Å². The maximum atomic E-state index is 13.5. The number of nitrogens with zero attached hydrogens (tertiary/aromatic N) is 1. The molecule has 0 fully saturated rings. The number of aliphatic hydroxyl groups excluding tert-OH is 1. The first-order valence-electron chi connectivity index (χ1n) is 5.13. The molecule has 0 aliphatic rings. The van der Waals surface area contributed by atoms with Crippen LogP contribution in [-0.4, -0.2) is 10.1 Å². The van der Waals surface area contributed by atoms with Crippen LogP contribution in [0.1, 0.15) is 22.9 Å². The highest BCUT2D eigenvalue weighted by molar-refractivity contribution is 5.30. The predicted molar refractivity (Wildman–Crippen MR) is 59.4 cm³/mol. The summed E-state index contributed by atoms with van der Waals surface area (Å²) in [7, 11) is 0. The summed E-state index contributed by atoms with van der Waals surface area (Å²) in [5.74, 6) is -1.00. The molecule has 1 aromatic heterocycles. The van der Waals surface area contributed by atoms with Gasteiger partial charge in [0.05, 0.1) is 11.9 Å². The van der Waals surface area contributed by atoms with E-state index in [4.69, 9.17) is 0 Å². The number of hydrogen-bond acceptors (Lipinski definition) is 2. The highest BCUT2D eigenvalue weighted by atomic mass is 19.1. The third-order valence-electron chi connectivity index (χ3n) is 2.48. The zero-order valence-corrected chi connectivity index (χ0v) is 9.19. The number of rotatable bonds is 2. The first-order valence-corrected chi connectivity index (χ1v) is 5.13. The van der Waals surface area contributed by atoms with Crippen LogP contribution in [0.25, 0.3) is 0 Å². The summed E-state index contributed by atoms with van der Waals surface area (Å²) in [4.78, 5) is 3.73. The van der Waals surface area contributed by atoms with Gasteiger partial charge in [0, 0.05) is 5.56 Å². The van der Waals surface area contributed by atoms with Crippen molar-refractivity contribution in [1.82, 2.24) is 4.98 Å². The molecular weight excluding hydrogens is 224 g/mol. The normalized spacial score (nSPS) is 12.5. The van der Waals surface area contributed by atoms with E-state index in [1.54, 1.807) is 19.1 Å². The molecule has 1 unspecified atom stereocenters. The molecule has 0 aliphatic heterocycles. The lowest BCUT2D eigenvalue weighted by molar-refractivity contribution is 0.210. The molecule has 2 rings (SSSR count). The Hall–Kier alpha value is -1.81. The van der Waals surface area contributed by atoms with Crippen LogP contribution in [-0.2, 0) is 0 Å². The zero-order valence-electron chi connectivity index (χ0n) is 9.19. The molecule has 1 atom stereocenters. The van der Waals surface area contributed by atoms with Crippen LogP contribution in [0.2, 0.25) is 0 Å². The molecule has 4 heteroatoms. The molecule has 0 saturated carbocycles. The maximum absolute atomic E-state index is 13.5. The minimum Gasteiger partial charge on any atom is -0.382 e. The molecule has 2 nitrogen and oxygen atoms in total. The van der Waals surface area contributed by atoms with E-state index < -0.39 is 17.7 Å². The van der Waals surface area contributed by atoms with E-state index in [-0.39, 0.29) is 11.3 Å². The SMILES string of the molecule is Cc1ccc(F)c(C(O)c2ccc(F)cn2)c1. The minimum absolute atomic E-state index is 0.143. The number of benzene rings is 1. The van der Waals surface area contributed by atoms with E-state index in [2.05, 4.69) is 4.98 Å². The van der Waals surface area contributed by atoms with Crippen molar-refractivity contribution in [2.75, 3.05) is 0 Å². The van der Waals surface area contributed by atoms with Gasteiger partial charge in [0.25, 0.3) is 0 Å². The van der Waals surface area contributed by atoms with Gasteiger partial charge in [0.2, 0.25) is 0 Å². The van der Waals surface area contributed by atoms with E-state index in [0.29, 0.717) is 0 Å². The summed E-state index contributed by atoms with van der Waals surface area (Å²) in [6.07, 6.45) is -0.192. The third kappa shape index (κ3) is 2.47. The maximum Gasteiger partial charge on any atom is 0.141 e. The summed E-state index contributed by atoms with van der Waals surface area (Å²) in [6.45, 7) is 1.80. The lowest BCUT2D eigenvalue weighted by atomic mass is 10.0. The Balaban J connectivity index is 2.39. The standard InChI is InChI=1S/C13H11F2NO/c1-8-2-4-11(15)10(6-8)13(17)12-5-3-9(14)7-16-12/h2-7,13,17H,1H3. The van der Waals surface area contributed by atoms with E-state index in [9.17, 15) is 13.9 Å². The van der Waals surface area contributed by atoms with Gasteiger partial charge in [-0.25, -0.2) is 8.78 Å². The molecule has 0 radical (unpaired) electrons. The van der Waals surface area contributed by atoms with Crippen molar-refractivity contribution in [3.8, 4) is 0 Å². The first kappa shape index (κ1) is 11.7. The fraction of sp³-hybridized carbons (Fsp3) is 0.154. The average molecular weight is 235 g/mol. The van der Waals surface area contributed by atoms with Gasteiger partial charge in [-0.1, -0.05) is 17.7 Å². The molecule has 17 heavy (non-hydrogen) atoms. The van der Waals surface area contributed by atoms with Gasteiger partial charge in [-0.15, -0.1) is 0 Å². The van der Waals surface area contributed by atoms with Crippen LogP contribution < -0.4 is 0 Å². The Morgan fingerprint density at radius 1 is 1.18 bits per heavy atom. The summed E-state index contributed by atoms with van der Waals surface area (Å²) in [5, 5.41) is 9.96. The first-order chi connectivity index (χ1) is 8.08. The van der Waals surface area contributed by atoms with Gasteiger partial charge in [-0.3, -0.25) is 4.98 Å². The van der Waals surface area contributed by atoms with Gasteiger partial charge >= 0.3 is 0 Å². The summed E-state index contributed by atoms with van der Waals surface area (Å²) >= 11 is 0. The number of aromatic nitrogens is 1. The third-order valence-corrected chi connectivity index (χ3v) is 2.48. The van der Waals surface area contributed by atoms with Gasteiger partial charge < -0.3 is 5.11 Å². The topological polar surface area (TPSA) is 33.1 Å². The monoisotopic (exact) mass is 235 g/mol. The number of hydrogen-bond donors (Lipinski definition) is 1. The average Bonchev–Trinajstić information content (AvgIpc) is 2.32. The van der Waals surface area contributed by atoms with E-state index >= 15 is 0 Å². The molecular formula is C13H11F2NO. The Kier molecular flexibility index (Phi) is 3.15. The summed E-state index contributed by atoms with van der Waals surface area (Å²) in [5.41, 5.74) is 1.20. The Morgan fingerprint density at radius 2 is 1.94 bits per heavy atom. The zero-order chi connectivity index (χ0) is 12.4. The van der Waals surface area contributed by atoms with Crippen molar-refractivity contribution < 1.29 is 13.9 Å². The van der Waals surface area contributed by atoms with Crippen LogP contribution in [0.3, 0.4) is 0 Å². The second kappa shape index (κ2) is 4.59. The number of pyridine rings is 1. The molecule has 0 spiro atoms. The minimum atomic E-state index is -1.18. The van der Waals surface area contributed by atoms with Gasteiger partial charge in [0.1, 0.15) is 17.7 Å². The summed E-state index contributed by atoms with van der Waals surface area (Å²) < 4.78 is 26.2. The van der Waals surface area contributed by atoms with E-state index in [1.807, 2.05) is 0 Å². The fourth-order valence-corrected chi connectivity index (χ4v) is 1.58. The van der Waals surface area contributed by atoms with Crippen LogP contribution in [0, 0.1) is 18.6 Å². The molecule has 0 bridgehead atoms. The number of aliphatic hydroxyl groups is 1. The highest BCUT2D eigenvalue weighted by Gasteiger charge is 2.16. The van der Waals surface area contributed by atoms with Crippen molar-refractivity contribution in [2.24, 2.45) is 0 Å². The second-order valence-electron chi connectivity index (χ2n) is 3.83. The Bertz CT molecular complexity index is 525. The van der Waals surface area contributed by atoms with Crippen LogP contribution in [0.5, 0.6) is 0 Å². The van der Waals surface area contributed by atoms with Gasteiger partial charge in [-0.05, 0) is 25.1 Å². The highest BCUT2D eigenvalue weighted by Crippen LogP contribution is 2.23. The van der Waals surface area contributed by atoms with E-state index in [0.717, 1.165) is 11.8 Å². The smallest absolute Gasteiger partial charge is 0.141 e. The molecule has 88 valence electrons. The molecule has 1 aromatic carbocycles.